The second-order valence-electron chi connectivity index (χ2n) is 9.11. The third-order valence-corrected chi connectivity index (χ3v) is 7.24. The van der Waals surface area contributed by atoms with Crippen LogP contribution in [0.4, 0.5) is 0 Å². The van der Waals surface area contributed by atoms with Crippen molar-refractivity contribution in [2.24, 2.45) is 17.6 Å². The van der Waals surface area contributed by atoms with Gasteiger partial charge in [-0.15, -0.1) is 0 Å². The van der Waals surface area contributed by atoms with Gasteiger partial charge in [0.05, 0.1) is 18.8 Å². The minimum atomic E-state index is -0.550. The summed E-state index contributed by atoms with van der Waals surface area (Å²) in [6.07, 6.45) is 9.56. The first-order valence-electron chi connectivity index (χ1n) is 11.2. The van der Waals surface area contributed by atoms with Gasteiger partial charge in [0.1, 0.15) is 5.58 Å². The summed E-state index contributed by atoms with van der Waals surface area (Å²) in [4.78, 5) is 13.6. The molecule has 2 fully saturated rings. The fourth-order valence-electron chi connectivity index (χ4n) is 5.38. The highest BCUT2D eigenvalue weighted by Crippen LogP contribution is 2.36. The molecule has 1 aromatic heterocycles. The number of nitrogens with two attached hydrogens (primary N) is 1. The Labute approximate surface area is 173 Å². The Morgan fingerprint density at radius 3 is 2.59 bits per heavy atom. The van der Waals surface area contributed by atoms with Crippen LogP contribution in [0.1, 0.15) is 62.8 Å². The topological polar surface area (TPSA) is 79.7 Å². The number of para-hydroxylation sites is 1. The quantitative estimate of drug-likeness (QED) is 0.737. The van der Waals surface area contributed by atoms with E-state index in [1.54, 1.807) is 0 Å². The van der Waals surface area contributed by atoms with E-state index in [0.717, 1.165) is 50.3 Å². The molecule has 0 spiro atoms. The number of rotatable bonds is 7. The van der Waals surface area contributed by atoms with Gasteiger partial charge in [0.25, 0.3) is 0 Å². The van der Waals surface area contributed by atoms with Gasteiger partial charge >= 0.3 is 0 Å². The average molecular weight is 399 g/mol. The van der Waals surface area contributed by atoms with Gasteiger partial charge in [-0.25, -0.2) is 0 Å². The van der Waals surface area contributed by atoms with Crippen molar-refractivity contribution in [2.75, 3.05) is 19.6 Å². The fourth-order valence-corrected chi connectivity index (χ4v) is 5.38. The SMILES string of the molecule is NC(=O)CC(O)C1CCC(CCN2CCC(c3coc4ccccc34)CC2)CC1. The normalized spacial score (nSPS) is 25.3. The Kier molecular flexibility index (Phi) is 6.56. The lowest BCUT2D eigenvalue weighted by Gasteiger charge is -2.35. The van der Waals surface area contributed by atoms with E-state index in [1.165, 1.54) is 36.8 Å². The molecule has 1 saturated heterocycles. The molecule has 2 heterocycles. The van der Waals surface area contributed by atoms with E-state index in [0.29, 0.717) is 5.92 Å². The Morgan fingerprint density at radius 2 is 1.86 bits per heavy atom. The Morgan fingerprint density at radius 1 is 1.14 bits per heavy atom. The van der Waals surface area contributed by atoms with Crippen LogP contribution in [0.15, 0.2) is 34.9 Å². The highest BCUT2D eigenvalue weighted by atomic mass is 16.3. The molecule has 5 heteroatoms. The molecular weight excluding hydrogens is 364 g/mol. The van der Waals surface area contributed by atoms with Crippen molar-refractivity contribution >= 4 is 16.9 Å². The van der Waals surface area contributed by atoms with E-state index in [1.807, 2.05) is 12.3 Å². The smallest absolute Gasteiger partial charge is 0.220 e. The van der Waals surface area contributed by atoms with Gasteiger partial charge in [-0.3, -0.25) is 4.79 Å². The van der Waals surface area contributed by atoms with Crippen molar-refractivity contribution in [1.82, 2.24) is 4.90 Å². The number of piperidine rings is 1. The minimum Gasteiger partial charge on any atom is -0.464 e. The maximum Gasteiger partial charge on any atom is 0.220 e. The summed E-state index contributed by atoms with van der Waals surface area (Å²) in [5, 5.41) is 11.4. The summed E-state index contributed by atoms with van der Waals surface area (Å²) in [5.41, 5.74) is 7.60. The molecule has 0 radical (unpaired) electrons. The van der Waals surface area contributed by atoms with E-state index < -0.39 is 12.0 Å². The molecule has 3 N–H and O–H groups in total. The summed E-state index contributed by atoms with van der Waals surface area (Å²) in [6, 6.07) is 8.36. The van der Waals surface area contributed by atoms with Crippen LogP contribution < -0.4 is 5.73 Å². The lowest BCUT2D eigenvalue weighted by atomic mass is 9.77. The molecule has 2 aromatic rings. The Bertz CT molecular complexity index is 801. The second-order valence-corrected chi connectivity index (χ2v) is 9.11. The molecule has 1 aliphatic carbocycles. The van der Waals surface area contributed by atoms with Crippen LogP contribution in [-0.2, 0) is 4.79 Å². The lowest BCUT2D eigenvalue weighted by molar-refractivity contribution is -0.120. The number of likely N-dealkylation sites (tertiary alicyclic amines) is 1. The standard InChI is InChI=1S/C24H34N2O3/c25-24(28)15-22(27)19-7-5-17(6-8-19)9-12-26-13-10-18(11-14-26)21-16-29-23-4-2-1-3-20(21)23/h1-4,16-19,22,27H,5-15H2,(H2,25,28). The number of primary amides is 1. The molecular formula is C24H34N2O3. The summed E-state index contributed by atoms with van der Waals surface area (Å²) in [7, 11) is 0. The van der Waals surface area contributed by atoms with E-state index in [9.17, 15) is 9.90 Å². The predicted octanol–water partition coefficient (Wildman–Crippen LogP) is 4.05. The monoisotopic (exact) mass is 398 g/mol. The van der Waals surface area contributed by atoms with E-state index in [4.69, 9.17) is 10.2 Å². The van der Waals surface area contributed by atoms with Crippen molar-refractivity contribution in [3.05, 3.63) is 36.1 Å². The highest BCUT2D eigenvalue weighted by Gasteiger charge is 2.28. The molecule has 1 aliphatic heterocycles. The number of carbonyl (C=O) groups is 1. The zero-order valence-corrected chi connectivity index (χ0v) is 17.3. The number of hydrogen-bond acceptors (Lipinski definition) is 4. The largest absolute Gasteiger partial charge is 0.464 e. The number of aliphatic hydroxyl groups is 1. The van der Waals surface area contributed by atoms with Gasteiger partial charge in [0.2, 0.25) is 5.91 Å². The van der Waals surface area contributed by atoms with Crippen LogP contribution in [0.5, 0.6) is 0 Å². The van der Waals surface area contributed by atoms with E-state index >= 15 is 0 Å². The number of benzene rings is 1. The van der Waals surface area contributed by atoms with Crippen LogP contribution >= 0.6 is 0 Å². The Hall–Kier alpha value is -1.85. The molecule has 5 nitrogen and oxygen atoms in total. The maximum absolute atomic E-state index is 11.0. The van der Waals surface area contributed by atoms with E-state index in [-0.39, 0.29) is 12.3 Å². The first-order chi connectivity index (χ1) is 14.1. The number of amides is 1. The molecule has 2 aliphatic rings. The van der Waals surface area contributed by atoms with Crippen LogP contribution in [-0.4, -0.2) is 41.7 Å². The number of nitrogens with zero attached hydrogens (tertiary/aromatic N) is 1. The van der Waals surface area contributed by atoms with Gasteiger partial charge in [0.15, 0.2) is 0 Å². The summed E-state index contributed by atoms with van der Waals surface area (Å²) < 4.78 is 5.75. The Balaban J connectivity index is 1.19. The van der Waals surface area contributed by atoms with Crippen LogP contribution in [0.3, 0.4) is 0 Å². The first-order valence-corrected chi connectivity index (χ1v) is 11.2. The zero-order valence-electron chi connectivity index (χ0n) is 17.3. The molecule has 0 bridgehead atoms. The number of carbonyl (C=O) groups excluding carboxylic acids is 1. The summed E-state index contributed by atoms with van der Waals surface area (Å²) >= 11 is 0. The molecule has 1 saturated carbocycles. The second kappa shape index (κ2) is 9.31. The van der Waals surface area contributed by atoms with Gasteiger partial charge in [0, 0.05) is 10.9 Å². The van der Waals surface area contributed by atoms with Crippen molar-refractivity contribution in [3.8, 4) is 0 Å². The number of fused-ring (bicyclic) bond motifs is 1. The van der Waals surface area contributed by atoms with Gasteiger partial charge in [-0.2, -0.15) is 0 Å². The van der Waals surface area contributed by atoms with Crippen molar-refractivity contribution in [2.45, 2.75) is 63.4 Å². The summed E-state index contributed by atoms with van der Waals surface area (Å²) in [6.45, 7) is 3.51. The third kappa shape index (κ3) is 5.01. The van der Waals surface area contributed by atoms with Crippen LogP contribution in [0.2, 0.25) is 0 Å². The summed E-state index contributed by atoms with van der Waals surface area (Å²) in [5.74, 6) is 1.21. The van der Waals surface area contributed by atoms with Gasteiger partial charge in [-0.1, -0.05) is 31.0 Å². The first kappa shape index (κ1) is 20.4. The average Bonchev–Trinajstić information content (AvgIpc) is 3.17. The number of furan rings is 1. The van der Waals surface area contributed by atoms with Crippen LogP contribution in [0, 0.1) is 11.8 Å². The van der Waals surface area contributed by atoms with E-state index in [2.05, 4.69) is 23.1 Å². The molecule has 4 rings (SSSR count). The molecule has 1 unspecified atom stereocenters. The van der Waals surface area contributed by atoms with Crippen molar-refractivity contribution in [3.63, 3.8) is 0 Å². The zero-order chi connectivity index (χ0) is 20.2. The predicted molar refractivity (Wildman–Crippen MR) is 115 cm³/mol. The number of aliphatic hydroxyl groups excluding tert-OH is 1. The maximum atomic E-state index is 11.0. The highest BCUT2D eigenvalue weighted by molar-refractivity contribution is 5.81. The van der Waals surface area contributed by atoms with Crippen LogP contribution in [0.25, 0.3) is 11.0 Å². The molecule has 1 amide bonds. The number of hydrogen-bond donors (Lipinski definition) is 2. The third-order valence-electron chi connectivity index (χ3n) is 7.24. The van der Waals surface area contributed by atoms with Crippen molar-refractivity contribution < 1.29 is 14.3 Å². The molecule has 158 valence electrons. The molecule has 29 heavy (non-hydrogen) atoms. The van der Waals surface area contributed by atoms with Crippen molar-refractivity contribution in [1.29, 1.82) is 0 Å². The minimum absolute atomic E-state index is 0.107. The lowest BCUT2D eigenvalue weighted by Crippen LogP contribution is -2.35. The van der Waals surface area contributed by atoms with Gasteiger partial charge in [-0.05, 0) is 75.6 Å². The molecule has 1 atom stereocenters. The fraction of sp³-hybridized carbons (Fsp3) is 0.625. The molecule has 1 aromatic carbocycles. The van der Waals surface area contributed by atoms with Gasteiger partial charge < -0.3 is 20.2 Å².